The van der Waals surface area contributed by atoms with Crippen LogP contribution in [0.25, 0.3) is 0 Å². The smallest absolute Gasteiger partial charge is 0.265 e. The van der Waals surface area contributed by atoms with Gasteiger partial charge >= 0.3 is 0 Å². The summed E-state index contributed by atoms with van der Waals surface area (Å²) >= 11 is 1.32. The topological polar surface area (TPSA) is 130 Å². The van der Waals surface area contributed by atoms with Gasteiger partial charge in [-0.25, -0.2) is 13.1 Å². The Bertz CT molecular complexity index is 1440. The zero-order valence-corrected chi connectivity index (χ0v) is 19.8. The average Bonchev–Trinajstić information content (AvgIpc) is 3.46. The summed E-state index contributed by atoms with van der Waals surface area (Å²) in [6.45, 7) is 3.41. The van der Waals surface area contributed by atoms with Crippen LogP contribution >= 0.6 is 11.3 Å². The van der Waals surface area contributed by atoms with Crippen LogP contribution in [-0.2, 0) is 10.0 Å². The number of nitrogens with one attached hydrogen (secondary N) is 3. The van der Waals surface area contributed by atoms with E-state index < -0.39 is 15.9 Å². The van der Waals surface area contributed by atoms with Gasteiger partial charge in [-0.1, -0.05) is 17.3 Å². The third-order valence-corrected chi connectivity index (χ3v) is 7.15. The number of nitrogens with zero attached hydrogens (tertiary/aromatic N) is 1. The molecular weight excluding hydrogens is 476 g/mol. The fourth-order valence-corrected chi connectivity index (χ4v) is 4.62. The number of benzene rings is 2. The Morgan fingerprint density at radius 1 is 0.912 bits per heavy atom. The van der Waals surface area contributed by atoms with Crippen LogP contribution in [0.15, 0.2) is 75.5 Å². The first-order valence-electron chi connectivity index (χ1n) is 10.0. The number of hydrogen-bond acceptors (Lipinski definition) is 7. The molecule has 0 spiro atoms. The van der Waals surface area contributed by atoms with Gasteiger partial charge in [-0.15, -0.1) is 11.3 Å². The van der Waals surface area contributed by atoms with Crippen molar-refractivity contribution >= 4 is 50.4 Å². The maximum absolute atomic E-state index is 12.7. The summed E-state index contributed by atoms with van der Waals surface area (Å²) in [6.07, 6.45) is 0. The number of sulfonamides is 1. The Kier molecular flexibility index (Phi) is 6.48. The quantitative estimate of drug-likeness (QED) is 0.341. The van der Waals surface area contributed by atoms with Crippen LogP contribution in [-0.4, -0.2) is 25.4 Å². The van der Waals surface area contributed by atoms with Gasteiger partial charge in [0.1, 0.15) is 0 Å². The van der Waals surface area contributed by atoms with E-state index in [4.69, 9.17) is 4.52 Å². The number of aryl methyl sites for hydroxylation is 1. The van der Waals surface area contributed by atoms with Gasteiger partial charge in [-0.05, 0) is 67.8 Å². The summed E-state index contributed by atoms with van der Waals surface area (Å²) in [6, 6.07) is 15.7. The van der Waals surface area contributed by atoms with Crippen molar-refractivity contribution in [2.45, 2.75) is 18.7 Å². The van der Waals surface area contributed by atoms with Crippen molar-refractivity contribution in [3.8, 4) is 0 Å². The molecule has 9 nitrogen and oxygen atoms in total. The van der Waals surface area contributed by atoms with Crippen LogP contribution < -0.4 is 15.4 Å². The molecule has 0 fully saturated rings. The molecule has 0 unspecified atom stereocenters. The molecule has 3 N–H and O–H groups in total. The van der Waals surface area contributed by atoms with Crippen LogP contribution in [0.3, 0.4) is 0 Å². The van der Waals surface area contributed by atoms with Crippen LogP contribution in [0.1, 0.15) is 31.3 Å². The average molecular weight is 497 g/mol. The van der Waals surface area contributed by atoms with Crippen molar-refractivity contribution in [2.24, 2.45) is 0 Å². The van der Waals surface area contributed by atoms with Crippen molar-refractivity contribution in [1.82, 2.24) is 5.16 Å². The minimum absolute atomic E-state index is 0.00256. The molecule has 2 amide bonds. The number of amides is 2. The minimum Gasteiger partial charge on any atom is -0.337 e. The molecule has 0 saturated carbocycles. The van der Waals surface area contributed by atoms with E-state index in [1.54, 1.807) is 50.2 Å². The van der Waals surface area contributed by atoms with E-state index in [2.05, 4.69) is 20.5 Å². The van der Waals surface area contributed by atoms with Gasteiger partial charge in [0, 0.05) is 22.5 Å². The van der Waals surface area contributed by atoms with Crippen LogP contribution in [0.5, 0.6) is 0 Å². The van der Waals surface area contributed by atoms with Crippen LogP contribution in [0.4, 0.5) is 17.3 Å². The molecule has 174 valence electrons. The molecule has 2 aromatic carbocycles. The van der Waals surface area contributed by atoms with Crippen molar-refractivity contribution in [2.75, 3.05) is 15.4 Å². The fraction of sp³-hybridized carbons (Fsp3) is 0.0870. The maximum Gasteiger partial charge on any atom is 0.265 e. The Labute approximate surface area is 199 Å². The SMILES string of the molecule is Cc1noc(NS(=O)(=O)c2ccc(NC(=O)c3cccc(NC(=O)c4cccs4)c3)cc2)c1C. The maximum atomic E-state index is 12.7. The molecule has 0 saturated heterocycles. The molecular formula is C23H20N4O5S2. The number of hydrogen-bond donors (Lipinski definition) is 3. The van der Waals surface area contributed by atoms with Crippen molar-refractivity contribution in [3.05, 3.63) is 87.7 Å². The van der Waals surface area contributed by atoms with Gasteiger partial charge in [0.25, 0.3) is 21.8 Å². The highest BCUT2D eigenvalue weighted by atomic mass is 32.2. The van der Waals surface area contributed by atoms with Gasteiger partial charge in [-0.2, -0.15) is 0 Å². The lowest BCUT2D eigenvalue weighted by molar-refractivity contribution is 0.101. The van der Waals surface area contributed by atoms with Crippen LogP contribution in [0, 0.1) is 13.8 Å². The summed E-state index contributed by atoms with van der Waals surface area (Å²) < 4.78 is 32.6. The summed E-state index contributed by atoms with van der Waals surface area (Å²) in [4.78, 5) is 25.5. The first-order chi connectivity index (χ1) is 16.2. The van der Waals surface area contributed by atoms with E-state index in [0.29, 0.717) is 33.1 Å². The summed E-state index contributed by atoms with van der Waals surface area (Å²) in [5.41, 5.74) is 2.41. The lowest BCUT2D eigenvalue weighted by atomic mass is 10.1. The minimum atomic E-state index is -3.89. The largest absolute Gasteiger partial charge is 0.337 e. The standard InChI is InChI=1S/C23H20N4O5S2/c1-14-15(2)26-32-23(14)27-34(30,31)19-10-8-17(9-11-19)24-21(28)16-5-3-6-18(13-16)25-22(29)20-7-4-12-33-20/h3-13,27H,1-2H3,(H,24,28)(H,25,29). The third-order valence-electron chi connectivity index (χ3n) is 4.93. The van der Waals surface area contributed by atoms with E-state index in [1.807, 2.05) is 5.38 Å². The molecule has 11 heteroatoms. The Balaban J connectivity index is 1.43. The van der Waals surface area contributed by atoms with Crippen molar-refractivity contribution < 1.29 is 22.5 Å². The number of aromatic nitrogens is 1. The summed E-state index contributed by atoms with van der Waals surface area (Å²) in [5, 5.41) is 11.0. The zero-order chi connectivity index (χ0) is 24.3. The fourth-order valence-electron chi connectivity index (χ4n) is 2.95. The highest BCUT2D eigenvalue weighted by molar-refractivity contribution is 7.92. The second-order valence-corrected chi connectivity index (χ2v) is 9.95. The number of carbonyl (C=O) groups excluding carboxylic acids is 2. The van der Waals surface area contributed by atoms with E-state index in [-0.39, 0.29) is 16.7 Å². The summed E-state index contributed by atoms with van der Waals surface area (Å²) in [5.74, 6) is -0.608. The second-order valence-electron chi connectivity index (χ2n) is 7.32. The monoisotopic (exact) mass is 496 g/mol. The summed E-state index contributed by atoms with van der Waals surface area (Å²) in [7, 11) is -3.89. The van der Waals surface area contributed by atoms with Gasteiger partial charge in [0.2, 0.25) is 5.88 Å². The Morgan fingerprint density at radius 2 is 1.65 bits per heavy atom. The van der Waals surface area contributed by atoms with Crippen LogP contribution in [0.2, 0.25) is 0 Å². The molecule has 4 aromatic rings. The van der Waals surface area contributed by atoms with E-state index in [1.165, 1.54) is 35.6 Å². The van der Waals surface area contributed by atoms with E-state index >= 15 is 0 Å². The predicted octanol–water partition coefficient (Wildman–Crippen LogP) is 4.66. The molecule has 2 aromatic heterocycles. The highest BCUT2D eigenvalue weighted by Gasteiger charge is 2.19. The van der Waals surface area contributed by atoms with Gasteiger partial charge in [0.15, 0.2) is 0 Å². The van der Waals surface area contributed by atoms with Crippen molar-refractivity contribution in [1.29, 1.82) is 0 Å². The normalized spacial score (nSPS) is 11.1. The third kappa shape index (κ3) is 5.16. The van der Waals surface area contributed by atoms with E-state index in [9.17, 15) is 18.0 Å². The second kappa shape index (κ2) is 9.49. The molecule has 0 bridgehead atoms. The van der Waals surface area contributed by atoms with Gasteiger partial charge in [-0.3, -0.25) is 9.59 Å². The number of rotatable bonds is 7. The molecule has 2 heterocycles. The Morgan fingerprint density at radius 3 is 2.29 bits per heavy atom. The lowest BCUT2D eigenvalue weighted by Gasteiger charge is -2.09. The van der Waals surface area contributed by atoms with E-state index in [0.717, 1.165) is 0 Å². The first-order valence-corrected chi connectivity index (χ1v) is 12.4. The Hall–Kier alpha value is -3.96. The number of anilines is 3. The molecule has 0 radical (unpaired) electrons. The van der Waals surface area contributed by atoms with Gasteiger partial charge < -0.3 is 15.2 Å². The number of thiophene rings is 1. The highest BCUT2D eigenvalue weighted by Crippen LogP contribution is 2.23. The first kappa shape index (κ1) is 23.2. The molecule has 34 heavy (non-hydrogen) atoms. The van der Waals surface area contributed by atoms with Gasteiger partial charge in [0.05, 0.1) is 15.5 Å². The van der Waals surface area contributed by atoms with Crippen molar-refractivity contribution in [3.63, 3.8) is 0 Å². The zero-order valence-electron chi connectivity index (χ0n) is 18.2. The lowest BCUT2D eigenvalue weighted by Crippen LogP contribution is -2.15. The predicted molar refractivity (Wildman–Crippen MR) is 130 cm³/mol. The molecule has 0 aliphatic rings. The molecule has 0 aliphatic carbocycles. The molecule has 0 aliphatic heterocycles. The molecule has 4 rings (SSSR count). The number of carbonyl (C=O) groups is 2. The molecule has 0 atom stereocenters.